The molecule has 1 aliphatic carbocycles. The molecule has 1 amide bonds. The van der Waals surface area contributed by atoms with Crippen molar-refractivity contribution in [3.8, 4) is 0 Å². The highest BCUT2D eigenvalue weighted by molar-refractivity contribution is 7.99. The van der Waals surface area contributed by atoms with Crippen LogP contribution in [0, 0.1) is 0 Å². The van der Waals surface area contributed by atoms with Gasteiger partial charge in [-0.15, -0.1) is 10.2 Å². The van der Waals surface area contributed by atoms with Crippen LogP contribution in [-0.2, 0) is 11.2 Å². The van der Waals surface area contributed by atoms with E-state index in [9.17, 15) is 9.59 Å². The third kappa shape index (κ3) is 4.19. The van der Waals surface area contributed by atoms with Crippen LogP contribution in [0.15, 0.2) is 40.3 Å². The van der Waals surface area contributed by atoms with E-state index in [2.05, 4.69) is 25.6 Å². The molecule has 4 rings (SSSR count). The van der Waals surface area contributed by atoms with E-state index in [0.717, 1.165) is 18.4 Å². The fraction of sp³-hybridized carbons (Fsp3) is 0.389. The first-order chi connectivity index (χ1) is 13.2. The van der Waals surface area contributed by atoms with Crippen molar-refractivity contribution in [2.75, 3.05) is 5.75 Å². The minimum Gasteiger partial charge on any atom is -0.353 e. The molecule has 27 heavy (non-hydrogen) atoms. The first kappa shape index (κ1) is 17.7. The maximum absolute atomic E-state index is 12.2. The Hall–Kier alpha value is -2.68. The maximum atomic E-state index is 12.2. The maximum Gasteiger partial charge on any atom is 0.274 e. The van der Waals surface area contributed by atoms with Crippen molar-refractivity contribution in [3.63, 3.8) is 0 Å². The summed E-state index contributed by atoms with van der Waals surface area (Å²) in [7, 11) is 0. The number of nitrogens with zero attached hydrogens (tertiary/aromatic N) is 4. The molecule has 3 aromatic rings. The Morgan fingerprint density at radius 1 is 1.22 bits per heavy atom. The molecular formula is C18H20N6O2S. The van der Waals surface area contributed by atoms with Gasteiger partial charge < -0.3 is 5.32 Å². The number of fused-ring (bicyclic) bond motifs is 1. The normalized spacial score (nSPS) is 14.7. The molecule has 140 valence electrons. The third-order valence-electron chi connectivity index (χ3n) is 4.59. The van der Waals surface area contributed by atoms with E-state index in [1.807, 2.05) is 30.3 Å². The van der Waals surface area contributed by atoms with Gasteiger partial charge in [0.25, 0.3) is 11.3 Å². The SMILES string of the molecule is O=C(CSc1nnc2[nH]c(=O)c(Cc3ccccc3)nn12)NC1CCCC1. The average Bonchev–Trinajstić information content (AvgIpc) is 3.31. The van der Waals surface area contributed by atoms with Gasteiger partial charge in [0.05, 0.1) is 5.75 Å². The van der Waals surface area contributed by atoms with Crippen LogP contribution in [0.5, 0.6) is 0 Å². The van der Waals surface area contributed by atoms with Crippen LogP contribution in [0.25, 0.3) is 5.78 Å². The number of benzene rings is 1. The van der Waals surface area contributed by atoms with Crippen molar-refractivity contribution in [3.05, 3.63) is 51.9 Å². The second kappa shape index (κ2) is 7.91. The molecule has 2 heterocycles. The zero-order valence-electron chi connectivity index (χ0n) is 14.7. The van der Waals surface area contributed by atoms with Gasteiger partial charge in [-0.25, -0.2) is 0 Å². The van der Waals surface area contributed by atoms with E-state index < -0.39 is 0 Å². The zero-order chi connectivity index (χ0) is 18.6. The van der Waals surface area contributed by atoms with Gasteiger partial charge in [-0.2, -0.15) is 9.61 Å². The van der Waals surface area contributed by atoms with E-state index in [1.165, 1.54) is 29.1 Å². The molecule has 2 aromatic heterocycles. The molecule has 0 atom stereocenters. The summed E-state index contributed by atoms with van der Waals surface area (Å²) in [5, 5.41) is 15.9. The molecule has 1 fully saturated rings. The van der Waals surface area contributed by atoms with Crippen LogP contribution in [0.1, 0.15) is 36.9 Å². The lowest BCUT2D eigenvalue weighted by atomic mass is 10.1. The van der Waals surface area contributed by atoms with Crippen molar-refractivity contribution in [1.29, 1.82) is 0 Å². The number of thioether (sulfide) groups is 1. The van der Waals surface area contributed by atoms with Crippen molar-refractivity contribution < 1.29 is 4.79 Å². The van der Waals surface area contributed by atoms with Gasteiger partial charge >= 0.3 is 0 Å². The van der Waals surface area contributed by atoms with E-state index in [1.54, 1.807) is 0 Å². The molecule has 0 aliphatic heterocycles. The first-order valence-corrected chi connectivity index (χ1v) is 9.98. The summed E-state index contributed by atoms with van der Waals surface area (Å²) in [4.78, 5) is 27.1. The Balaban J connectivity index is 1.49. The van der Waals surface area contributed by atoms with Crippen molar-refractivity contribution in [2.45, 2.75) is 43.3 Å². The molecule has 9 heteroatoms. The number of amides is 1. The van der Waals surface area contributed by atoms with E-state index in [0.29, 0.717) is 23.3 Å². The van der Waals surface area contributed by atoms with Crippen LogP contribution in [0.2, 0.25) is 0 Å². The van der Waals surface area contributed by atoms with Gasteiger partial charge in [0, 0.05) is 12.5 Å². The van der Waals surface area contributed by atoms with Gasteiger partial charge in [0.1, 0.15) is 5.69 Å². The predicted octanol–water partition coefficient (Wildman–Crippen LogP) is 1.55. The Bertz CT molecular complexity index is 994. The highest BCUT2D eigenvalue weighted by Crippen LogP contribution is 2.19. The summed E-state index contributed by atoms with van der Waals surface area (Å²) in [6, 6.07) is 9.95. The van der Waals surface area contributed by atoms with Gasteiger partial charge in [0.2, 0.25) is 11.1 Å². The average molecular weight is 384 g/mol. The largest absolute Gasteiger partial charge is 0.353 e. The molecule has 0 saturated heterocycles. The number of nitrogens with one attached hydrogen (secondary N) is 2. The number of carbonyl (C=O) groups excluding carboxylic acids is 1. The standard InChI is InChI=1S/C18H20N6O2S/c25-15(19-13-8-4-5-9-13)11-27-18-22-21-17-20-16(26)14(23-24(17)18)10-12-6-2-1-3-7-12/h1-3,6-7,13H,4-5,8-11H2,(H,19,25)(H,20,21,26). The number of hydrogen-bond acceptors (Lipinski definition) is 6. The number of carbonyl (C=O) groups is 1. The molecular weight excluding hydrogens is 364 g/mol. The van der Waals surface area contributed by atoms with Crippen molar-refractivity contribution >= 4 is 23.4 Å². The molecule has 0 unspecified atom stereocenters. The summed E-state index contributed by atoms with van der Waals surface area (Å²) in [6.07, 6.45) is 4.87. The second-order valence-corrected chi connectivity index (χ2v) is 7.56. The van der Waals surface area contributed by atoms with Crippen LogP contribution in [0.4, 0.5) is 0 Å². The van der Waals surface area contributed by atoms with Crippen LogP contribution < -0.4 is 10.9 Å². The molecule has 1 aliphatic rings. The lowest BCUT2D eigenvalue weighted by Gasteiger charge is -2.10. The molecule has 0 bridgehead atoms. The lowest BCUT2D eigenvalue weighted by Crippen LogP contribution is -2.33. The van der Waals surface area contributed by atoms with Gasteiger partial charge in [-0.1, -0.05) is 54.9 Å². The Kier molecular flexibility index (Phi) is 5.19. The van der Waals surface area contributed by atoms with Gasteiger partial charge in [-0.3, -0.25) is 14.6 Å². The van der Waals surface area contributed by atoms with E-state index >= 15 is 0 Å². The predicted molar refractivity (Wildman–Crippen MR) is 102 cm³/mol. The highest BCUT2D eigenvalue weighted by Gasteiger charge is 2.18. The van der Waals surface area contributed by atoms with Crippen LogP contribution in [0.3, 0.4) is 0 Å². The molecule has 0 spiro atoms. The molecule has 2 N–H and O–H groups in total. The number of hydrogen-bond donors (Lipinski definition) is 2. The Morgan fingerprint density at radius 2 is 2.00 bits per heavy atom. The fourth-order valence-electron chi connectivity index (χ4n) is 3.24. The summed E-state index contributed by atoms with van der Waals surface area (Å²) >= 11 is 1.26. The minimum atomic E-state index is -0.283. The summed E-state index contributed by atoms with van der Waals surface area (Å²) < 4.78 is 1.49. The molecule has 0 radical (unpaired) electrons. The number of aromatic nitrogens is 5. The first-order valence-electron chi connectivity index (χ1n) is 9.00. The fourth-order valence-corrected chi connectivity index (χ4v) is 3.93. The molecule has 8 nitrogen and oxygen atoms in total. The number of rotatable bonds is 6. The molecule has 1 aromatic carbocycles. The van der Waals surface area contributed by atoms with Gasteiger partial charge in [-0.05, 0) is 18.4 Å². The Morgan fingerprint density at radius 3 is 2.78 bits per heavy atom. The quantitative estimate of drug-likeness (QED) is 0.625. The second-order valence-electron chi connectivity index (χ2n) is 6.62. The monoisotopic (exact) mass is 384 g/mol. The summed E-state index contributed by atoms with van der Waals surface area (Å²) in [5.74, 6) is 0.500. The zero-order valence-corrected chi connectivity index (χ0v) is 15.5. The van der Waals surface area contributed by atoms with Crippen LogP contribution in [-0.4, -0.2) is 42.5 Å². The highest BCUT2D eigenvalue weighted by atomic mass is 32.2. The smallest absolute Gasteiger partial charge is 0.274 e. The number of aromatic amines is 1. The van der Waals surface area contributed by atoms with Gasteiger partial charge in [0.15, 0.2) is 0 Å². The number of H-pyrrole nitrogens is 1. The third-order valence-corrected chi connectivity index (χ3v) is 5.51. The topological polar surface area (TPSA) is 105 Å². The minimum absolute atomic E-state index is 0.0161. The summed E-state index contributed by atoms with van der Waals surface area (Å²) in [5.41, 5.74) is 1.09. The van der Waals surface area contributed by atoms with Crippen molar-refractivity contribution in [2.24, 2.45) is 0 Å². The summed E-state index contributed by atoms with van der Waals surface area (Å²) in [6.45, 7) is 0. The molecule has 1 saturated carbocycles. The van der Waals surface area contributed by atoms with Crippen LogP contribution >= 0.6 is 11.8 Å². The van der Waals surface area contributed by atoms with E-state index in [4.69, 9.17) is 0 Å². The van der Waals surface area contributed by atoms with E-state index in [-0.39, 0.29) is 23.0 Å². The lowest BCUT2D eigenvalue weighted by molar-refractivity contribution is -0.119. The van der Waals surface area contributed by atoms with Crippen molar-refractivity contribution in [1.82, 2.24) is 30.1 Å². The Labute approximate surface area is 159 Å².